The van der Waals surface area contributed by atoms with E-state index in [0.29, 0.717) is 0 Å². The van der Waals surface area contributed by atoms with Crippen LogP contribution in [0.25, 0.3) is 22.3 Å². The molecule has 13 aromatic rings. The molecule has 0 aliphatic carbocycles. The third-order valence-corrected chi connectivity index (χ3v) is 17.5. The number of para-hydroxylation sites is 2. The third kappa shape index (κ3) is 8.03. The van der Waals surface area contributed by atoms with Crippen LogP contribution in [-0.4, -0.2) is 6.71 Å². The maximum atomic E-state index is 2.61. The van der Waals surface area contributed by atoms with E-state index >= 15 is 0 Å². The molecule has 0 saturated carbocycles. The van der Waals surface area contributed by atoms with Crippen molar-refractivity contribution in [2.45, 2.75) is 10.8 Å². The highest BCUT2D eigenvalue weighted by atomic mass is 15.2. The lowest BCUT2D eigenvalue weighted by atomic mass is 9.33. The number of fused-ring (bicyclic) bond motifs is 4. The topological polar surface area (TPSA) is 6.48 Å². The van der Waals surface area contributed by atoms with Crippen LogP contribution in [0.1, 0.15) is 44.5 Å². The average molecular weight is 1060 g/mol. The van der Waals surface area contributed by atoms with Gasteiger partial charge in [0.15, 0.2) is 0 Å². The molecular weight excluding hydrogens is 1000 g/mol. The van der Waals surface area contributed by atoms with E-state index in [1.165, 1.54) is 83.1 Å². The highest BCUT2D eigenvalue weighted by Crippen LogP contribution is 2.55. The fourth-order valence-corrected chi connectivity index (χ4v) is 14.1. The second-order valence-electron chi connectivity index (χ2n) is 21.8. The third-order valence-electron chi connectivity index (χ3n) is 17.5. The van der Waals surface area contributed by atoms with Crippen molar-refractivity contribution in [3.63, 3.8) is 0 Å². The average Bonchev–Trinajstić information content (AvgIpc) is 1.37. The maximum Gasteiger partial charge on any atom is 0.252 e. The highest BCUT2D eigenvalue weighted by molar-refractivity contribution is 7.00. The summed E-state index contributed by atoms with van der Waals surface area (Å²) in [6.45, 7) is -0.158. The van der Waals surface area contributed by atoms with Crippen LogP contribution in [0.5, 0.6) is 0 Å². The summed E-state index contributed by atoms with van der Waals surface area (Å²) >= 11 is 0. The molecule has 83 heavy (non-hydrogen) atoms. The molecule has 0 radical (unpaired) electrons. The molecule has 0 aromatic heterocycles. The van der Waals surface area contributed by atoms with Crippen LogP contribution in [0, 0.1) is 0 Å². The van der Waals surface area contributed by atoms with E-state index in [4.69, 9.17) is 0 Å². The second-order valence-corrected chi connectivity index (χ2v) is 21.8. The fourth-order valence-electron chi connectivity index (χ4n) is 14.1. The molecule has 390 valence electrons. The largest absolute Gasteiger partial charge is 0.311 e. The van der Waals surface area contributed by atoms with Crippen molar-refractivity contribution >= 4 is 57.2 Å². The highest BCUT2D eigenvalue weighted by Gasteiger charge is 2.48. The molecule has 3 heteroatoms. The summed E-state index contributed by atoms with van der Waals surface area (Å²) < 4.78 is 0. The molecule has 0 amide bonds. The molecule has 15 rings (SSSR count). The molecule has 0 unspecified atom stereocenters. The van der Waals surface area contributed by atoms with Gasteiger partial charge >= 0.3 is 0 Å². The minimum atomic E-state index is -0.728. The number of nitrogens with zero attached hydrogens (tertiary/aromatic N) is 2. The summed E-state index contributed by atoms with van der Waals surface area (Å²) in [7, 11) is 0. The lowest BCUT2D eigenvalue weighted by Gasteiger charge is -2.47. The number of anilines is 6. The zero-order valence-corrected chi connectivity index (χ0v) is 45.9. The molecule has 0 atom stereocenters. The first-order valence-corrected chi connectivity index (χ1v) is 28.9. The Balaban J connectivity index is 1.06. The van der Waals surface area contributed by atoms with E-state index in [2.05, 4.69) is 356 Å². The summed E-state index contributed by atoms with van der Waals surface area (Å²) in [5.41, 5.74) is 23.3. The quantitative estimate of drug-likeness (QED) is 0.0889. The predicted molar refractivity (Wildman–Crippen MR) is 348 cm³/mol. The van der Waals surface area contributed by atoms with Gasteiger partial charge < -0.3 is 9.80 Å². The molecule has 0 N–H and O–H groups in total. The van der Waals surface area contributed by atoms with Crippen molar-refractivity contribution in [1.82, 2.24) is 0 Å². The number of rotatable bonds is 12. The Morgan fingerprint density at radius 1 is 0.205 bits per heavy atom. The van der Waals surface area contributed by atoms with Gasteiger partial charge in [-0.05, 0) is 120 Å². The lowest BCUT2D eigenvalue weighted by molar-refractivity contribution is 0.744. The monoisotopic (exact) mass is 1060 g/mol. The number of hydrogen-bond acceptors (Lipinski definition) is 2. The molecule has 2 aliphatic heterocycles. The number of hydrogen-bond donors (Lipinski definition) is 0. The van der Waals surface area contributed by atoms with Crippen molar-refractivity contribution in [2.75, 3.05) is 9.80 Å². The smallest absolute Gasteiger partial charge is 0.252 e. The molecule has 0 fully saturated rings. The van der Waals surface area contributed by atoms with Gasteiger partial charge in [0.1, 0.15) is 0 Å². The molecule has 0 saturated heterocycles. The van der Waals surface area contributed by atoms with E-state index in [-0.39, 0.29) is 6.71 Å². The van der Waals surface area contributed by atoms with Gasteiger partial charge in [0.05, 0.1) is 22.2 Å². The Morgan fingerprint density at radius 2 is 0.470 bits per heavy atom. The molecule has 13 aromatic carbocycles. The van der Waals surface area contributed by atoms with Gasteiger partial charge in [-0.25, -0.2) is 0 Å². The van der Waals surface area contributed by atoms with Gasteiger partial charge in [-0.2, -0.15) is 0 Å². The first-order chi connectivity index (χ1) is 41.2. The molecule has 2 nitrogen and oxygen atoms in total. The molecule has 2 aliphatic rings. The van der Waals surface area contributed by atoms with Crippen LogP contribution >= 0.6 is 0 Å². The standard InChI is InChI=1S/C80H57BN2/c1-9-30-58(31-10-1)60-52-54-74-70(56-60)81-71-57-61(59-32-11-2-12-33-59)53-55-75(71)83(73-49-28-26-47-69(73)80(65-40-19-6-20-41-65,66-42-21-7-22-43-66)67-44-23-8-24-45-67)77-51-29-50-76(78(77)81)82(74)72-48-27-25-46-68(72)79(62-34-13-3-14-35-62,63-36-15-4-16-37-63)64-38-17-5-18-39-64/h1-57H. The van der Waals surface area contributed by atoms with Gasteiger partial charge in [0.2, 0.25) is 0 Å². The van der Waals surface area contributed by atoms with Crippen LogP contribution in [0.15, 0.2) is 346 Å². The van der Waals surface area contributed by atoms with Gasteiger partial charge in [-0.3, -0.25) is 0 Å². The summed E-state index contributed by atoms with van der Waals surface area (Å²) in [4.78, 5) is 5.22. The second kappa shape index (κ2) is 20.9. The van der Waals surface area contributed by atoms with Gasteiger partial charge in [0, 0.05) is 22.7 Å². The summed E-state index contributed by atoms with van der Waals surface area (Å²) in [6, 6.07) is 128. The van der Waals surface area contributed by atoms with Crippen LogP contribution in [0.2, 0.25) is 0 Å². The first kappa shape index (κ1) is 49.6. The van der Waals surface area contributed by atoms with Crippen LogP contribution < -0.4 is 26.2 Å². The minimum Gasteiger partial charge on any atom is -0.311 e. The maximum absolute atomic E-state index is 2.61. The van der Waals surface area contributed by atoms with E-state index in [0.717, 1.165) is 34.1 Å². The summed E-state index contributed by atoms with van der Waals surface area (Å²) in [6.07, 6.45) is 0. The molecule has 0 bridgehead atoms. The van der Waals surface area contributed by atoms with Crippen LogP contribution in [-0.2, 0) is 10.8 Å². The Morgan fingerprint density at radius 3 is 0.783 bits per heavy atom. The van der Waals surface area contributed by atoms with E-state index in [1.807, 2.05) is 0 Å². The summed E-state index contributed by atoms with van der Waals surface area (Å²) in [5.74, 6) is 0. The van der Waals surface area contributed by atoms with Crippen molar-refractivity contribution in [3.05, 3.63) is 390 Å². The lowest BCUT2D eigenvalue weighted by Crippen LogP contribution is -2.61. The first-order valence-electron chi connectivity index (χ1n) is 28.9. The molecule has 2 heterocycles. The van der Waals surface area contributed by atoms with Gasteiger partial charge in [-0.1, -0.05) is 309 Å². The van der Waals surface area contributed by atoms with Crippen LogP contribution in [0.4, 0.5) is 34.1 Å². The van der Waals surface area contributed by atoms with Gasteiger partial charge in [-0.15, -0.1) is 0 Å². The Hall–Kier alpha value is -10.5. The van der Waals surface area contributed by atoms with E-state index in [1.54, 1.807) is 0 Å². The van der Waals surface area contributed by atoms with E-state index < -0.39 is 10.8 Å². The SMILES string of the molecule is c1ccc(-c2ccc3c(c2)B2c4cc(-c5ccccc5)ccc4N(c4ccccc4C(c4ccccc4)(c4ccccc4)c4ccccc4)c4cccc(c42)N3c2ccccc2C(c2ccccc2)(c2ccccc2)c2ccccc2)cc1. The predicted octanol–water partition coefficient (Wildman–Crippen LogP) is 17.9. The zero-order chi connectivity index (χ0) is 55.2. The Bertz CT molecular complexity index is 3950. The van der Waals surface area contributed by atoms with Crippen molar-refractivity contribution < 1.29 is 0 Å². The Kier molecular flexibility index (Phi) is 12.5. The van der Waals surface area contributed by atoms with E-state index in [9.17, 15) is 0 Å². The zero-order valence-electron chi connectivity index (χ0n) is 45.9. The molecule has 0 spiro atoms. The van der Waals surface area contributed by atoms with Crippen molar-refractivity contribution in [2.24, 2.45) is 0 Å². The number of benzene rings is 13. The normalized spacial score (nSPS) is 12.5. The van der Waals surface area contributed by atoms with Crippen molar-refractivity contribution in [3.8, 4) is 22.3 Å². The summed E-state index contributed by atoms with van der Waals surface area (Å²) in [5, 5.41) is 0. The fraction of sp³-hybridized carbons (Fsp3) is 0.0250. The van der Waals surface area contributed by atoms with Gasteiger partial charge in [0.25, 0.3) is 6.71 Å². The van der Waals surface area contributed by atoms with Crippen molar-refractivity contribution in [1.29, 1.82) is 0 Å². The Labute approximate surface area is 487 Å². The molecular formula is C80H57BN2. The minimum absolute atomic E-state index is 0.158. The van der Waals surface area contributed by atoms with Crippen LogP contribution in [0.3, 0.4) is 0 Å².